The highest BCUT2D eigenvalue weighted by molar-refractivity contribution is 5.89. The standard InChI is InChI=1S/C21H26N2O3/c1-15-3-5-17(6-4-15)18-11-16(12-19(14-18)21(25)26)13-20(24)23-9-7-22(2)8-10-23/h3-6,11-12,14,20,24H,7-10,13H2,1-2H3,(H,25,26). The topological polar surface area (TPSA) is 64.0 Å². The van der Waals surface area contributed by atoms with Crippen LogP contribution in [0, 0.1) is 6.92 Å². The SMILES string of the molecule is Cc1ccc(-c2cc(CC(O)N3CCN(C)CC3)cc(C(=O)O)c2)cc1. The minimum atomic E-state index is -0.950. The maximum atomic E-state index is 11.5. The van der Waals surface area contributed by atoms with E-state index in [2.05, 4.69) is 16.8 Å². The number of hydrogen-bond donors (Lipinski definition) is 2. The fourth-order valence-corrected chi connectivity index (χ4v) is 3.31. The van der Waals surface area contributed by atoms with Crippen molar-refractivity contribution in [1.82, 2.24) is 9.80 Å². The monoisotopic (exact) mass is 354 g/mol. The number of likely N-dealkylation sites (N-methyl/N-ethyl adjacent to an activating group) is 1. The Morgan fingerprint density at radius 1 is 1.04 bits per heavy atom. The number of carboxylic acid groups (broad SMARTS) is 1. The van der Waals surface area contributed by atoms with E-state index >= 15 is 0 Å². The van der Waals surface area contributed by atoms with Gasteiger partial charge in [-0.2, -0.15) is 0 Å². The molecule has 2 N–H and O–H groups in total. The summed E-state index contributed by atoms with van der Waals surface area (Å²) in [5.41, 5.74) is 4.10. The van der Waals surface area contributed by atoms with E-state index in [1.807, 2.05) is 37.3 Å². The van der Waals surface area contributed by atoms with Crippen molar-refractivity contribution in [3.63, 3.8) is 0 Å². The van der Waals surface area contributed by atoms with E-state index in [0.29, 0.717) is 6.42 Å². The lowest BCUT2D eigenvalue weighted by Gasteiger charge is -2.35. The number of nitrogens with zero attached hydrogens (tertiary/aromatic N) is 2. The van der Waals surface area contributed by atoms with Crippen molar-refractivity contribution in [2.75, 3.05) is 33.2 Å². The van der Waals surface area contributed by atoms with Crippen LogP contribution in [0.3, 0.4) is 0 Å². The highest BCUT2D eigenvalue weighted by Crippen LogP contribution is 2.24. The smallest absolute Gasteiger partial charge is 0.335 e. The molecule has 0 radical (unpaired) electrons. The Labute approximate surface area is 154 Å². The Kier molecular flexibility index (Phi) is 5.71. The van der Waals surface area contributed by atoms with Gasteiger partial charge >= 0.3 is 5.97 Å². The molecule has 1 fully saturated rings. The minimum Gasteiger partial charge on any atom is -0.478 e. The molecular weight excluding hydrogens is 328 g/mol. The Morgan fingerprint density at radius 2 is 1.69 bits per heavy atom. The molecule has 0 amide bonds. The summed E-state index contributed by atoms with van der Waals surface area (Å²) in [6.07, 6.45) is -0.178. The quantitative estimate of drug-likeness (QED) is 0.864. The molecule has 26 heavy (non-hydrogen) atoms. The summed E-state index contributed by atoms with van der Waals surface area (Å²) < 4.78 is 0. The van der Waals surface area contributed by atoms with Crippen LogP contribution in [-0.4, -0.2) is 65.4 Å². The molecule has 138 valence electrons. The minimum absolute atomic E-state index is 0.253. The molecule has 1 aliphatic rings. The van der Waals surface area contributed by atoms with Gasteiger partial charge in [0.05, 0.1) is 5.56 Å². The van der Waals surface area contributed by atoms with Gasteiger partial charge in [0.25, 0.3) is 0 Å². The molecule has 0 bridgehead atoms. The molecule has 0 aliphatic carbocycles. The number of piperazine rings is 1. The van der Waals surface area contributed by atoms with Gasteiger partial charge in [-0.1, -0.05) is 35.9 Å². The number of aromatic carboxylic acids is 1. The summed E-state index contributed by atoms with van der Waals surface area (Å²) in [5, 5.41) is 20.1. The predicted molar refractivity (Wildman–Crippen MR) is 102 cm³/mol. The fraction of sp³-hybridized carbons (Fsp3) is 0.381. The molecule has 1 heterocycles. The second-order valence-electron chi connectivity index (χ2n) is 7.11. The van der Waals surface area contributed by atoms with Gasteiger partial charge < -0.3 is 15.1 Å². The zero-order valence-electron chi connectivity index (χ0n) is 15.4. The van der Waals surface area contributed by atoms with Crippen LogP contribution in [0.25, 0.3) is 11.1 Å². The second kappa shape index (κ2) is 7.99. The maximum absolute atomic E-state index is 11.5. The molecule has 2 aromatic carbocycles. The highest BCUT2D eigenvalue weighted by atomic mass is 16.4. The first-order chi connectivity index (χ1) is 12.4. The number of carbonyl (C=O) groups is 1. The van der Waals surface area contributed by atoms with Crippen molar-refractivity contribution in [2.45, 2.75) is 19.6 Å². The first kappa shape index (κ1) is 18.6. The molecule has 1 saturated heterocycles. The summed E-state index contributed by atoms with van der Waals surface area (Å²) >= 11 is 0. The lowest BCUT2D eigenvalue weighted by Crippen LogP contribution is -2.49. The van der Waals surface area contributed by atoms with Crippen LogP contribution in [0.1, 0.15) is 21.5 Å². The summed E-state index contributed by atoms with van der Waals surface area (Å²) in [4.78, 5) is 15.8. The van der Waals surface area contributed by atoms with Gasteiger partial charge in [0.2, 0.25) is 0 Å². The molecule has 1 unspecified atom stereocenters. The molecule has 2 aromatic rings. The zero-order valence-corrected chi connectivity index (χ0v) is 15.4. The van der Waals surface area contributed by atoms with E-state index in [1.165, 1.54) is 0 Å². The van der Waals surface area contributed by atoms with E-state index in [-0.39, 0.29) is 5.56 Å². The van der Waals surface area contributed by atoms with E-state index in [9.17, 15) is 15.0 Å². The molecule has 3 rings (SSSR count). The van der Waals surface area contributed by atoms with E-state index in [4.69, 9.17) is 0 Å². The summed E-state index contributed by atoms with van der Waals surface area (Å²) in [6, 6.07) is 13.4. The van der Waals surface area contributed by atoms with Crippen LogP contribution in [0.4, 0.5) is 0 Å². The normalized spacial score (nSPS) is 17.2. The molecule has 1 aliphatic heterocycles. The third-order valence-electron chi connectivity index (χ3n) is 5.00. The number of aliphatic hydroxyl groups excluding tert-OH is 1. The van der Waals surface area contributed by atoms with Gasteiger partial charge in [0, 0.05) is 32.6 Å². The van der Waals surface area contributed by atoms with E-state index < -0.39 is 12.2 Å². The van der Waals surface area contributed by atoms with Crippen molar-refractivity contribution in [3.05, 3.63) is 59.2 Å². The number of aryl methyl sites for hydroxylation is 1. The predicted octanol–water partition coefficient (Wildman–Crippen LogP) is 2.47. The molecule has 0 saturated carbocycles. The summed E-state index contributed by atoms with van der Waals surface area (Å²) in [7, 11) is 2.08. The molecule has 5 nitrogen and oxygen atoms in total. The first-order valence-corrected chi connectivity index (χ1v) is 8.97. The highest BCUT2D eigenvalue weighted by Gasteiger charge is 2.21. The lowest BCUT2D eigenvalue weighted by molar-refractivity contribution is -0.0203. The van der Waals surface area contributed by atoms with Crippen LogP contribution in [0.15, 0.2) is 42.5 Å². The number of aliphatic hydroxyl groups is 1. The fourth-order valence-electron chi connectivity index (χ4n) is 3.31. The average Bonchev–Trinajstić information content (AvgIpc) is 2.62. The Balaban J connectivity index is 1.84. The van der Waals surface area contributed by atoms with Gasteiger partial charge in [-0.15, -0.1) is 0 Å². The van der Waals surface area contributed by atoms with Crippen LogP contribution < -0.4 is 0 Å². The van der Waals surface area contributed by atoms with Crippen molar-refractivity contribution in [1.29, 1.82) is 0 Å². The van der Waals surface area contributed by atoms with Gasteiger partial charge in [0.15, 0.2) is 0 Å². The van der Waals surface area contributed by atoms with Crippen LogP contribution >= 0.6 is 0 Å². The van der Waals surface area contributed by atoms with Gasteiger partial charge in [-0.25, -0.2) is 4.79 Å². The molecule has 5 heteroatoms. The van der Waals surface area contributed by atoms with Crippen molar-refractivity contribution in [3.8, 4) is 11.1 Å². The van der Waals surface area contributed by atoms with Crippen LogP contribution in [-0.2, 0) is 6.42 Å². The third kappa shape index (κ3) is 4.49. The van der Waals surface area contributed by atoms with Gasteiger partial charge in [-0.3, -0.25) is 4.90 Å². The van der Waals surface area contributed by atoms with E-state index in [1.54, 1.807) is 12.1 Å². The first-order valence-electron chi connectivity index (χ1n) is 8.97. The number of hydrogen-bond acceptors (Lipinski definition) is 4. The Hall–Kier alpha value is -2.21. The number of rotatable bonds is 5. The average molecular weight is 354 g/mol. The van der Waals surface area contributed by atoms with Gasteiger partial charge in [0.1, 0.15) is 6.23 Å². The maximum Gasteiger partial charge on any atom is 0.335 e. The van der Waals surface area contributed by atoms with Crippen molar-refractivity contribution < 1.29 is 15.0 Å². The van der Waals surface area contributed by atoms with Gasteiger partial charge in [-0.05, 0) is 42.8 Å². The summed E-state index contributed by atoms with van der Waals surface area (Å²) in [6.45, 7) is 5.53. The second-order valence-corrected chi connectivity index (χ2v) is 7.11. The van der Waals surface area contributed by atoms with Crippen molar-refractivity contribution >= 4 is 5.97 Å². The van der Waals surface area contributed by atoms with Crippen LogP contribution in [0.2, 0.25) is 0 Å². The molecular formula is C21H26N2O3. The lowest BCUT2D eigenvalue weighted by atomic mass is 9.97. The molecule has 1 atom stereocenters. The summed E-state index contributed by atoms with van der Waals surface area (Å²) in [5.74, 6) is -0.950. The molecule has 0 aromatic heterocycles. The largest absolute Gasteiger partial charge is 0.478 e. The van der Waals surface area contributed by atoms with Crippen molar-refractivity contribution in [2.24, 2.45) is 0 Å². The zero-order chi connectivity index (χ0) is 18.7. The number of carboxylic acids is 1. The molecule has 0 spiro atoms. The third-order valence-corrected chi connectivity index (χ3v) is 5.00. The van der Waals surface area contributed by atoms with Crippen LogP contribution in [0.5, 0.6) is 0 Å². The Morgan fingerprint density at radius 3 is 2.31 bits per heavy atom. The Bertz CT molecular complexity index is 765. The van der Waals surface area contributed by atoms with E-state index in [0.717, 1.165) is 48.4 Å². The number of benzene rings is 2.